The molecule has 0 aliphatic carbocycles. The van der Waals surface area contributed by atoms with Gasteiger partial charge in [0.15, 0.2) is 0 Å². The fourth-order valence-corrected chi connectivity index (χ4v) is 6.25. The first-order valence-corrected chi connectivity index (χ1v) is 12.6. The highest BCUT2D eigenvalue weighted by Crippen LogP contribution is 2.37. The van der Waals surface area contributed by atoms with Gasteiger partial charge in [-0.05, 0) is 49.3 Å². The summed E-state index contributed by atoms with van der Waals surface area (Å²) in [5.41, 5.74) is 1.12. The first-order chi connectivity index (χ1) is 15.4. The number of aliphatic hydroxyl groups excluding tert-OH is 1. The van der Waals surface area contributed by atoms with Crippen LogP contribution in [0.25, 0.3) is 0 Å². The predicted molar refractivity (Wildman–Crippen MR) is 122 cm³/mol. The number of piperidine rings is 2. The molecular formula is C23H29N3O5S. The van der Waals surface area contributed by atoms with E-state index >= 15 is 0 Å². The summed E-state index contributed by atoms with van der Waals surface area (Å²) in [5, 5.41) is 22.5. The lowest BCUT2D eigenvalue weighted by atomic mass is 9.87. The van der Waals surface area contributed by atoms with E-state index in [1.807, 2.05) is 35.2 Å². The van der Waals surface area contributed by atoms with Crippen molar-refractivity contribution < 1.29 is 18.4 Å². The Balaban J connectivity index is 1.51. The van der Waals surface area contributed by atoms with Crippen molar-refractivity contribution >= 4 is 21.4 Å². The molecule has 0 saturated carbocycles. The van der Waals surface area contributed by atoms with Crippen molar-refractivity contribution in [3.05, 3.63) is 64.2 Å². The van der Waals surface area contributed by atoms with Crippen molar-refractivity contribution in [3.8, 4) is 0 Å². The third-order valence-corrected chi connectivity index (χ3v) is 8.46. The summed E-state index contributed by atoms with van der Waals surface area (Å²) in [6.07, 6.45) is 3.44. The molecule has 2 fully saturated rings. The van der Waals surface area contributed by atoms with E-state index in [4.69, 9.17) is 0 Å². The summed E-state index contributed by atoms with van der Waals surface area (Å²) < 4.78 is 27.4. The van der Waals surface area contributed by atoms with E-state index in [0.717, 1.165) is 24.8 Å². The molecule has 2 aliphatic heterocycles. The number of sulfonamides is 1. The minimum atomic E-state index is -3.74. The van der Waals surface area contributed by atoms with Crippen LogP contribution in [0.2, 0.25) is 0 Å². The Labute approximate surface area is 188 Å². The van der Waals surface area contributed by atoms with Crippen molar-refractivity contribution in [2.24, 2.45) is 5.92 Å². The van der Waals surface area contributed by atoms with Crippen LogP contribution in [-0.2, 0) is 10.0 Å². The molecule has 2 aromatic rings. The van der Waals surface area contributed by atoms with Gasteiger partial charge in [-0.25, -0.2) is 8.42 Å². The molecule has 1 atom stereocenters. The van der Waals surface area contributed by atoms with Gasteiger partial charge in [0, 0.05) is 32.2 Å². The normalized spacial score (nSPS) is 19.6. The van der Waals surface area contributed by atoms with Gasteiger partial charge in [0.1, 0.15) is 5.69 Å². The zero-order valence-electron chi connectivity index (χ0n) is 18.0. The Morgan fingerprint density at radius 1 is 0.969 bits per heavy atom. The molecule has 32 heavy (non-hydrogen) atoms. The number of nitro groups is 1. The molecule has 0 amide bonds. The standard InChI is InChI=1S/C23H29N3O5S/c27-23(18-7-3-1-4-8-18)19-11-15-24(16-12-19)21-10-9-20(17-22(21)26(28)29)32(30,31)25-13-5-2-6-14-25/h1,3-4,7-10,17,19,23,27H,2,5-6,11-16H2. The number of nitrogens with zero attached hydrogens (tertiary/aromatic N) is 3. The molecule has 9 heteroatoms. The van der Waals surface area contributed by atoms with Crippen molar-refractivity contribution in [3.63, 3.8) is 0 Å². The molecule has 2 aromatic carbocycles. The van der Waals surface area contributed by atoms with Gasteiger partial charge in [-0.2, -0.15) is 4.31 Å². The zero-order chi connectivity index (χ0) is 22.7. The van der Waals surface area contributed by atoms with Crippen LogP contribution in [0.4, 0.5) is 11.4 Å². The van der Waals surface area contributed by atoms with Crippen molar-refractivity contribution in [1.82, 2.24) is 4.31 Å². The minimum Gasteiger partial charge on any atom is -0.388 e. The van der Waals surface area contributed by atoms with Crippen LogP contribution in [0.1, 0.15) is 43.8 Å². The molecule has 0 radical (unpaired) electrons. The summed E-state index contributed by atoms with van der Waals surface area (Å²) in [5.74, 6) is 0.0754. The Hall–Kier alpha value is -2.49. The molecule has 0 bridgehead atoms. The molecule has 8 nitrogen and oxygen atoms in total. The molecule has 1 unspecified atom stereocenters. The lowest BCUT2D eigenvalue weighted by molar-refractivity contribution is -0.384. The minimum absolute atomic E-state index is 0.0239. The predicted octanol–water partition coefficient (Wildman–Crippen LogP) is 3.72. The number of hydrogen-bond donors (Lipinski definition) is 1. The first-order valence-electron chi connectivity index (χ1n) is 11.1. The first kappa shape index (κ1) is 22.7. The number of nitro benzene ring substituents is 1. The molecular weight excluding hydrogens is 430 g/mol. The van der Waals surface area contributed by atoms with Crippen LogP contribution in [0, 0.1) is 16.0 Å². The molecule has 4 rings (SSSR count). The maximum Gasteiger partial charge on any atom is 0.293 e. The topological polar surface area (TPSA) is 104 Å². The second kappa shape index (κ2) is 9.56. The van der Waals surface area contributed by atoms with Crippen LogP contribution in [0.15, 0.2) is 53.4 Å². The molecule has 1 N–H and O–H groups in total. The van der Waals surface area contributed by atoms with E-state index in [0.29, 0.717) is 44.7 Å². The van der Waals surface area contributed by atoms with Gasteiger partial charge in [-0.3, -0.25) is 10.1 Å². The summed E-state index contributed by atoms with van der Waals surface area (Å²) in [6.45, 7) is 2.03. The average molecular weight is 460 g/mol. The zero-order valence-corrected chi connectivity index (χ0v) is 18.8. The molecule has 172 valence electrons. The van der Waals surface area contributed by atoms with Crippen LogP contribution < -0.4 is 4.90 Å². The Bertz CT molecular complexity index is 1050. The number of rotatable bonds is 6. The average Bonchev–Trinajstić information content (AvgIpc) is 2.84. The van der Waals surface area contributed by atoms with Crippen LogP contribution in [0.5, 0.6) is 0 Å². The van der Waals surface area contributed by atoms with E-state index < -0.39 is 21.1 Å². The highest BCUT2D eigenvalue weighted by atomic mass is 32.2. The fraction of sp³-hybridized carbons (Fsp3) is 0.478. The second-order valence-corrected chi connectivity index (χ2v) is 10.5. The lowest BCUT2D eigenvalue weighted by Gasteiger charge is -2.35. The number of hydrogen-bond acceptors (Lipinski definition) is 6. The third-order valence-electron chi connectivity index (χ3n) is 6.56. The highest BCUT2D eigenvalue weighted by Gasteiger charge is 2.32. The second-order valence-electron chi connectivity index (χ2n) is 8.55. The Morgan fingerprint density at radius 3 is 2.25 bits per heavy atom. The Kier molecular flexibility index (Phi) is 6.78. The molecule has 0 spiro atoms. The van der Waals surface area contributed by atoms with Gasteiger partial charge in [-0.1, -0.05) is 36.8 Å². The van der Waals surface area contributed by atoms with Gasteiger partial charge < -0.3 is 10.0 Å². The van der Waals surface area contributed by atoms with Gasteiger partial charge in [0.2, 0.25) is 10.0 Å². The molecule has 2 saturated heterocycles. The van der Waals surface area contributed by atoms with Gasteiger partial charge in [-0.15, -0.1) is 0 Å². The maximum atomic E-state index is 13.0. The van der Waals surface area contributed by atoms with Crippen molar-refractivity contribution in [1.29, 1.82) is 0 Å². The number of anilines is 1. The summed E-state index contributed by atoms with van der Waals surface area (Å²) in [6, 6.07) is 13.8. The van der Waals surface area contributed by atoms with Crippen LogP contribution in [0.3, 0.4) is 0 Å². The van der Waals surface area contributed by atoms with Crippen LogP contribution >= 0.6 is 0 Å². The van der Waals surface area contributed by atoms with Gasteiger partial charge >= 0.3 is 0 Å². The van der Waals surface area contributed by atoms with E-state index in [1.54, 1.807) is 6.07 Å². The fourth-order valence-electron chi connectivity index (χ4n) is 4.71. The molecule has 2 heterocycles. The van der Waals surface area contributed by atoms with E-state index in [9.17, 15) is 23.6 Å². The van der Waals surface area contributed by atoms with Crippen LogP contribution in [-0.4, -0.2) is 48.9 Å². The molecule has 2 aliphatic rings. The smallest absolute Gasteiger partial charge is 0.293 e. The van der Waals surface area contributed by atoms with E-state index in [1.165, 1.54) is 16.4 Å². The monoisotopic (exact) mass is 459 g/mol. The summed E-state index contributed by atoms with van der Waals surface area (Å²) >= 11 is 0. The highest BCUT2D eigenvalue weighted by molar-refractivity contribution is 7.89. The van der Waals surface area contributed by atoms with Crippen molar-refractivity contribution in [2.75, 3.05) is 31.1 Å². The number of benzene rings is 2. The van der Waals surface area contributed by atoms with E-state index in [2.05, 4.69) is 0 Å². The summed E-state index contributed by atoms with van der Waals surface area (Å²) in [4.78, 5) is 13.2. The van der Waals surface area contributed by atoms with Gasteiger partial charge in [0.25, 0.3) is 5.69 Å². The van der Waals surface area contributed by atoms with Crippen molar-refractivity contribution in [2.45, 2.75) is 43.1 Å². The molecule has 0 aromatic heterocycles. The maximum absolute atomic E-state index is 13.0. The largest absolute Gasteiger partial charge is 0.388 e. The van der Waals surface area contributed by atoms with Gasteiger partial charge in [0.05, 0.1) is 15.9 Å². The lowest BCUT2D eigenvalue weighted by Crippen LogP contribution is -2.36. The Morgan fingerprint density at radius 2 is 1.62 bits per heavy atom. The van der Waals surface area contributed by atoms with E-state index in [-0.39, 0.29) is 16.5 Å². The third kappa shape index (κ3) is 4.65. The quantitative estimate of drug-likeness (QED) is 0.522. The summed E-state index contributed by atoms with van der Waals surface area (Å²) in [7, 11) is -3.74. The SMILES string of the molecule is O=[N+]([O-])c1cc(S(=O)(=O)N2CCCCC2)ccc1N1CCC(C(O)c2ccccc2)CC1. The number of aliphatic hydroxyl groups is 1.